The molecule has 0 aromatic heterocycles. The Bertz CT molecular complexity index is 612. The zero-order valence-corrected chi connectivity index (χ0v) is 22.6. The van der Waals surface area contributed by atoms with E-state index in [-0.39, 0.29) is 18.9 Å². The summed E-state index contributed by atoms with van der Waals surface area (Å²) in [4.78, 5) is 44.8. The Balaban J connectivity index is 3.69. The highest BCUT2D eigenvalue weighted by atomic mass is 33.1. The summed E-state index contributed by atoms with van der Waals surface area (Å²) in [6, 6.07) is -1.80. The summed E-state index contributed by atoms with van der Waals surface area (Å²) in [5.74, 6) is 0.203. The lowest BCUT2D eigenvalue weighted by molar-refractivity contribution is -0.140. The van der Waals surface area contributed by atoms with Gasteiger partial charge < -0.3 is 30.9 Å². The fraction of sp³-hybridized carbons (Fsp3) is 0.826. The highest BCUT2D eigenvalue weighted by molar-refractivity contribution is 8.76. The second-order valence-electron chi connectivity index (χ2n) is 8.22. The highest BCUT2D eigenvalue weighted by Crippen LogP contribution is 2.27. The average Bonchev–Trinajstić information content (AvgIpc) is 2.82. The van der Waals surface area contributed by atoms with Gasteiger partial charge in [-0.2, -0.15) is 0 Å². The molecule has 0 aliphatic heterocycles. The van der Waals surface area contributed by atoms with Crippen molar-refractivity contribution in [1.29, 1.82) is 0 Å². The summed E-state index contributed by atoms with van der Waals surface area (Å²) in [5.41, 5.74) is 0. The number of amides is 3. The van der Waals surface area contributed by atoms with Crippen molar-refractivity contribution in [2.45, 2.75) is 84.1 Å². The molecule has 204 valence electrons. The summed E-state index contributed by atoms with van der Waals surface area (Å²) in [7, 11) is 3.58. The van der Waals surface area contributed by atoms with Gasteiger partial charge in [0.25, 0.3) is 0 Å². The van der Waals surface area contributed by atoms with E-state index >= 15 is 0 Å². The molecule has 0 aliphatic rings. The first kappa shape index (κ1) is 33.2. The predicted octanol–water partition coefficient (Wildman–Crippen LogP) is 4.49. The van der Waals surface area contributed by atoms with Crippen LogP contribution in [-0.2, 0) is 14.3 Å². The van der Waals surface area contributed by atoms with Gasteiger partial charge in [-0.25, -0.2) is 14.4 Å². The fourth-order valence-corrected chi connectivity index (χ4v) is 5.46. The predicted molar refractivity (Wildman–Crippen MR) is 141 cm³/mol. The van der Waals surface area contributed by atoms with Gasteiger partial charge in [-0.3, -0.25) is 4.79 Å². The lowest BCUT2D eigenvalue weighted by atomic mass is 10.00. The highest BCUT2D eigenvalue weighted by Gasteiger charge is 2.20. The Morgan fingerprint density at radius 2 is 1.60 bits per heavy atom. The van der Waals surface area contributed by atoms with Crippen molar-refractivity contribution in [3.05, 3.63) is 0 Å². The van der Waals surface area contributed by atoms with Gasteiger partial charge in [0.1, 0.15) is 12.6 Å². The summed E-state index contributed by atoms with van der Waals surface area (Å²) in [6.45, 7) is 5.72. The maximum absolute atomic E-state index is 11.8. The van der Waals surface area contributed by atoms with Gasteiger partial charge in [0.2, 0.25) is 0 Å². The van der Waals surface area contributed by atoms with Gasteiger partial charge in [0, 0.05) is 31.0 Å². The first-order chi connectivity index (χ1) is 16.8. The molecule has 12 heteroatoms. The van der Waals surface area contributed by atoms with Crippen molar-refractivity contribution in [2.75, 3.05) is 31.2 Å². The lowest BCUT2D eigenvalue weighted by Gasteiger charge is -2.14. The average molecular weight is 538 g/mol. The van der Waals surface area contributed by atoms with Crippen molar-refractivity contribution >= 4 is 45.7 Å². The quantitative estimate of drug-likeness (QED) is 0.0992. The molecule has 1 unspecified atom stereocenters. The van der Waals surface area contributed by atoms with Crippen LogP contribution in [0.25, 0.3) is 0 Å². The van der Waals surface area contributed by atoms with Crippen LogP contribution in [0.4, 0.5) is 9.59 Å². The molecule has 0 saturated heterocycles. The molecule has 10 nitrogen and oxygen atoms in total. The summed E-state index contributed by atoms with van der Waals surface area (Å²) < 4.78 is 5.10. The number of hydrogen-bond acceptors (Lipinski definition) is 7. The molecule has 0 spiro atoms. The van der Waals surface area contributed by atoms with Crippen LogP contribution in [0.15, 0.2) is 0 Å². The van der Waals surface area contributed by atoms with E-state index < -0.39 is 24.0 Å². The van der Waals surface area contributed by atoms with Gasteiger partial charge in [-0.05, 0) is 31.6 Å². The second-order valence-corrected chi connectivity index (χ2v) is 10.9. The maximum atomic E-state index is 11.8. The Kier molecular flexibility index (Phi) is 21.5. The van der Waals surface area contributed by atoms with Crippen LogP contribution >= 0.6 is 21.6 Å². The monoisotopic (exact) mass is 537 g/mol. The van der Waals surface area contributed by atoms with E-state index in [1.807, 2.05) is 17.7 Å². The van der Waals surface area contributed by atoms with Gasteiger partial charge >= 0.3 is 24.1 Å². The molecule has 0 aromatic carbocycles. The van der Waals surface area contributed by atoms with Crippen LogP contribution in [0.2, 0.25) is 0 Å². The number of rotatable bonds is 22. The first-order valence-corrected chi connectivity index (χ1v) is 14.9. The number of nitrogens with one attached hydrogen (secondary N) is 3. The van der Waals surface area contributed by atoms with Crippen LogP contribution in [0.1, 0.15) is 78.1 Å². The van der Waals surface area contributed by atoms with E-state index in [2.05, 4.69) is 22.9 Å². The number of ether oxygens (including phenoxy) is 1. The Morgan fingerprint density at radius 1 is 0.886 bits per heavy atom. The van der Waals surface area contributed by atoms with Crippen molar-refractivity contribution in [1.82, 2.24) is 16.0 Å². The molecule has 0 saturated carbocycles. The molecule has 0 radical (unpaired) electrons. The molecule has 35 heavy (non-hydrogen) atoms. The number of unbranched alkanes of at least 4 members (excludes halogenated alkanes) is 4. The summed E-state index contributed by atoms with van der Waals surface area (Å²) in [6.07, 6.45) is 7.58. The maximum Gasteiger partial charge on any atom is 0.407 e. The van der Waals surface area contributed by atoms with E-state index in [9.17, 15) is 19.2 Å². The number of carboxylic acid groups (broad SMARTS) is 2. The molecular formula is C23H43N3O7S2. The smallest absolute Gasteiger partial charge is 0.407 e. The Morgan fingerprint density at radius 3 is 2.26 bits per heavy atom. The minimum Gasteiger partial charge on any atom is -0.481 e. The lowest BCUT2D eigenvalue weighted by Crippen LogP contribution is -2.46. The van der Waals surface area contributed by atoms with Crippen molar-refractivity contribution in [3.8, 4) is 0 Å². The van der Waals surface area contributed by atoms with Gasteiger partial charge in [0.05, 0.1) is 0 Å². The molecule has 0 aliphatic carbocycles. The van der Waals surface area contributed by atoms with Crippen LogP contribution in [0.5, 0.6) is 0 Å². The SMILES string of the molecule is CCCNC(=O)OCCSSC[C@@H](CC)CCCCCCCNC(=O)NC(CCC(=O)O)C(=O)O. The molecule has 0 heterocycles. The van der Waals surface area contributed by atoms with Gasteiger partial charge in [0.15, 0.2) is 0 Å². The van der Waals surface area contributed by atoms with E-state index in [4.69, 9.17) is 14.9 Å². The van der Waals surface area contributed by atoms with Gasteiger partial charge in [-0.15, -0.1) is 0 Å². The van der Waals surface area contributed by atoms with E-state index in [1.165, 1.54) is 12.8 Å². The summed E-state index contributed by atoms with van der Waals surface area (Å²) >= 11 is 0. The Hall–Kier alpha value is -1.82. The third-order valence-electron chi connectivity index (χ3n) is 5.21. The van der Waals surface area contributed by atoms with E-state index in [0.717, 1.165) is 50.0 Å². The molecule has 0 bridgehead atoms. The van der Waals surface area contributed by atoms with Crippen molar-refractivity contribution in [3.63, 3.8) is 0 Å². The topological polar surface area (TPSA) is 154 Å². The molecule has 0 fully saturated rings. The summed E-state index contributed by atoms with van der Waals surface area (Å²) in [5, 5.41) is 25.3. The molecule has 0 rings (SSSR count). The van der Waals surface area contributed by atoms with Crippen LogP contribution in [-0.4, -0.2) is 71.5 Å². The zero-order chi connectivity index (χ0) is 26.3. The largest absolute Gasteiger partial charge is 0.481 e. The molecule has 2 atom stereocenters. The zero-order valence-electron chi connectivity index (χ0n) is 21.0. The number of hydrogen-bond donors (Lipinski definition) is 5. The molecule has 3 amide bonds. The van der Waals surface area contributed by atoms with Crippen LogP contribution in [0, 0.1) is 5.92 Å². The normalized spacial score (nSPS) is 12.4. The second kappa shape index (κ2) is 22.6. The number of urea groups is 1. The van der Waals surface area contributed by atoms with Crippen LogP contribution in [0.3, 0.4) is 0 Å². The number of alkyl carbamates (subject to hydrolysis) is 1. The minimum absolute atomic E-state index is 0.152. The van der Waals surface area contributed by atoms with E-state index in [1.54, 1.807) is 10.8 Å². The third kappa shape index (κ3) is 21.2. The first-order valence-electron chi connectivity index (χ1n) is 12.4. The Labute approximate surface area is 216 Å². The van der Waals surface area contributed by atoms with Crippen molar-refractivity contribution in [2.24, 2.45) is 5.92 Å². The van der Waals surface area contributed by atoms with Crippen molar-refractivity contribution < 1.29 is 34.1 Å². The third-order valence-corrected chi connectivity index (χ3v) is 7.72. The number of aliphatic carboxylic acids is 2. The van der Waals surface area contributed by atoms with Crippen LogP contribution < -0.4 is 16.0 Å². The fourth-order valence-electron chi connectivity index (χ4n) is 3.08. The number of carbonyl (C=O) groups is 4. The van der Waals surface area contributed by atoms with Gasteiger partial charge in [-0.1, -0.05) is 67.5 Å². The molecule has 0 aromatic rings. The number of carbonyl (C=O) groups excluding carboxylic acids is 2. The van der Waals surface area contributed by atoms with E-state index in [0.29, 0.717) is 25.6 Å². The molecule has 5 N–H and O–H groups in total. The standard InChI is InChI=1S/C23H43N3O7S2/c1-3-13-25-23(32)33-15-16-34-35-17-18(4-2)10-8-6-5-7-9-14-24-22(31)26-19(21(29)30)11-12-20(27)28/h18-19H,3-17H2,1-2H3,(H,25,32)(H,27,28)(H,29,30)(H2,24,26,31)/t18-,19?/m0/s1. The molecular weight excluding hydrogens is 494 g/mol. The minimum atomic E-state index is -1.25. The number of carboxylic acids is 2.